The summed E-state index contributed by atoms with van der Waals surface area (Å²) in [6, 6.07) is 9.67. The summed E-state index contributed by atoms with van der Waals surface area (Å²) in [4.78, 5) is 10.4. The molecule has 0 amide bonds. The third kappa shape index (κ3) is 2.77. The number of anilines is 1. The molecule has 112 valence electrons. The standard InChI is InChI=1S/C14H16N8/c1-21(2)9-12-11(8-16-14(15)17-12)13-18-19-20-22(13)10-6-4-3-5-7-10/h3-8H,9H2,1-2H3,(H2,15,16,17). The highest BCUT2D eigenvalue weighted by molar-refractivity contribution is 5.59. The highest BCUT2D eigenvalue weighted by Gasteiger charge is 2.17. The average Bonchev–Trinajstić information content (AvgIpc) is 2.97. The van der Waals surface area contributed by atoms with Crippen molar-refractivity contribution in [3.8, 4) is 17.1 Å². The van der Waals surface area contributed by atoms with E-state index in [1.54, 1.807) is 10.9 Å². The minimum atomic E-state index is 0.235. The molecule has 0 spiro atoms. The molecule has 2 heterocycles. The number of hydrogen-bond acceptors (Lipinski definition) is 7. The third-order valence-electron chi connectivity index (χ3n) is 3.06. The molecule has 0 fully saturated rings. The summed E-state index contributed by atoms with van der Waals surface area (Å²) in [6.07, 6.45) is 1.66. The fraction of sp³-hybridized carbons (Fsp3) is 0.214. The molecule has 0 radical (unpaired) electrons. The minimum absolute atomic E-state index is 0.235. The first-order valence-electron chi connectivity index (χ1n) is 6.75. The lowest BCUT2D eigenvalue weighted by Crippen LogP contribution is -2.15. The first kappa shape index (κ1) is 14.1. The number of para-hydroxylation sites is 1. The molecule has 1 aromatic carbocycles. The van der Waals surface area contributed by atoms with Crippen molar-refractivity contribution in [3.05, 3.63) is 42.2 Å². The van der Waals surface area contributed by atoms with Crippen LogP contribution in [0.2, 0.25) is 0 Å². The Balaban J connectivity index is 2.11. The van der Waals surface area contributed by atoms with Gasteiger partial charge in [0.1, 0.15) is 0 Å². The van der Waals surface area contributed by atoms with Gasteiger partial charge < -0.3 is 10.6 Å². The minimum Gasteiger partial charge on any atom is -0.368 e. The number of nitrogens with two attached hydrogens (primary N) is 1. The van der Waals surface area contributed by atoms with Crippen LogP contribution in [0.4, 0.5) is 5.95 Å². The number of nitrogens with zero attached hydrogens (tertiary/aromatic N) is 7. The second-order valence-corrected chi connectivity index (χ2v) is 5.08. The van der Waals surface area contributed by atoms with E-state index in [-0.39, 0.29) is 5.95 Å². The number of nitrogen functional groups attached to an aromatic ring is 1. The fourth-order valence-corrected chi connectivity index (χ4v) is 2.14. The van der Waals surface area contributed by atoms with Crippen molar-refractivity contribution in [2.75, 3.05) is 19.8 Å². The Hall–Kier alpha value is -2.87. The Bertz CT molecular complexity index is 766. The largest absolute Gasteiger partial charge is 0.368 e. The highest BCUT2D eigenvalue weighted by Crippen LogP contribution is 2.22. The van der Waals surface area contributed by atoms with Gasteiger partial charge in [0.25, 0.3) is 0 Å². The number of hydrogen-bond donors (Lipinski definition) is 1. The lowest BCUT2D eigenvalue weighted by Gasteiger charge is -2.13. The summed E-state index contributed by atoms with van der Waals surface area (Å²) >= 11 is 0. The molecule has 3 rings (SSSR count). The normalized spacial score (nSPS) is 11.0. The van der Waals surface area contributed by atoms with Crippen molar-refractivity contribution >= 4 is 5.95 Å². The Morgan fingerprint density at radius 1 is 1.18 bits per heavy atom. The number of rotatable bonds is 4. The van der Waals surface area contributed by atoms with Crippen molar-refractivity contribution in [1.29, 1.82) is 0 Å². The second-order valence-electron chi connectivity index (χ2n) is 5.08. The molecule has 0 atom stereocenters. The van der Waals surface area contributed by atoms with E-state index in [9.17, 15) is 0 Å². The predicted octanol–water partition coefficient (Wildman–Crippen LogP) is 0.763. The molecule has 0 aliphatic carbocycles. The summed E-state index contributed by atoms with van der Waals surface area (Å²) in [6.45, 7) is 0.615. The van der Waals surface area contributed by atoms with Crippen LogP contribution in [0.5, 0.6) is 0 Å². The lowest BCUT2D eigenvalue weighted by atomic mass is 10.2. The molecule has 8 heteroatoms. The molecule has 2 N–H and O–H groups in total. The van der Waals surface area contributed by atoms with Gasteiger partial charge in [0, 0.05) is 12.7 Å². The van der Waals surface area contributed by atoms with Crippen LogP contribution in [0.15, 0.2) is 36.5 Å². The second kappa shape index (κ2) is 5.86. The van der Waals surface area contributed by atoms with Crippen LogP contribution in [0.3, 0.4) is 0 Å². The van der Waals surface area contributed by atoms with Crippen LogP contribution in [0, 0.1) is 0 Å². The van der Waals surface area contributed by atoms with E-state index in [0.29, 0.717) is 12.4 Å². The molecular weight excluding hydrogens is 280 g/mol. The maximum absolute atomic E-state index is 5.71. The van der Waals surface area contributed by atoms with Crippen LogP contribution in [-0.2, 0) is 6.54 Å². The van der Waals surface area contributed by atoms with Gasteiger partial charge >= 0.3 is 0 Å². The number of aromatic nitrogens is 6. The van der Waals surface area contributed by atoms with Gasteiger partial charge in [-0.15, -0.1) is 5.10 Å². The predicted molar refractivity (Wildman–Crippen MR) is 82.0 cm³/mol. The van der Waals surface area contributed by atoms with E-state index in [0.717, 1.165) is 16.9 Å². The van der Waals surface area contributed by atoms with Gasteiger partial charge in [0.05, 0.1) is 16.9 Å². The fourth-order valence-electron chi connectivity index (χ4n) is 2.14. The van der Waals surface area contributed by atoms with Crippen molar-refractivity contribution in [2.45, 2.75) is 6.54 Å². The zero-order valence-corrected chi connectivity index (χ0v) is 12.4. The zero-order chi connectivity index (χ0) is 15.5. The summed E-state index contributed by atoms with van der Waals surface area (Å²) in [5, 5.41) is 12.0. The van der Waals surface area contributed by atoms with Crippen LogP contribution in [0.1, 0.15) is 5.69 Å². The molecule has 0 aliphatic heterocycles. The number of tetrazole rings is 1. The average molecular weight is 296 g/mol. The van der Waals surface area contributed by atoms with E-state index >= 15 is 0 Å². The molecule has 3 aromatic rings. The maximum Gasteiger partial charge on any atom is 0.220 e. The first-order chi connectivity index (χ1) is 10.6. The van der Waals surface area contributed by atoms with E-state index in [1.165, 1.54) is 0 Å². The summed E-state index contributed by atoms with van der Waals surface area (Å²) < 4.78 is 1.66. The quantitative estimate of drug-likeness (QED) is 0.759. The molecule has 2 aromatic heterocycles. The Kier molecular flexibility index (Phi) is 3.75. The molecule has 0 saturated carbocycles. The first-order valence-corrected chi connectivity index (χ1v) is 6.75. The van der Waals surface area contributed by atoms with E-state index in [2.05, 4.69) is 25.5 Å². The van der Waals surface area contributed by atoms with E-state index in [1.807, 2.05) is 49.3 Å². The molecule has 0 bridgehead atoms. The van der Waals surface area contributed by atoms with Gasteiger partial charge in [-0.05, 0) is 36.7 Å². The van der Waals surface area contributed by atoms with Crippen LogP contribution in [0.25, 0.3) is 17.1 Å². The number of benzene rings is 1. The van der Waals surface area contributed by atoms with E-state index < -0.39 is 0 Å². The van der Waals surface area contributed by atoms with Gasteiger partial charge in [-0.2, -0.15) is 4.68 Å². The summed E-state index contributed by atoms with van der Waals surface area (Å²) in [5.41, 5.74) is 8.12. The monoisotopic (exact) mass is 296 g/mol. The highest BCUT2D eigenvalue weighted by atomic mass is 15.5. The van der Waals surface area contributed by atoms with Gasteiger partial charge in [0.2, 0.25) is 5.95 Å². The van der Waals surface area contributed by atoms with Crippen LogP contribution in [-0.4, -0.2) is 49.2 Å². The summed E-state index contributed by atoms with van der Waals surface area (Å²) in [5.74, 6) is 0.822. The van der Waals surface area contributed by atoms with Crippen LogP contribution < -0.4 is 5.73 Å². The molecular formula is C14H16N8. The van der Waals surface area contributed by atoms with E-state index in [4.69, 9.17) is 5.73 Å². The van der Waals surface area contributed by atoms with Gasteiger partial charge in [0.15, 0.2) is 5.82 Å². The van der Waals surface area contributed by atoms with Crippen molar-refractivity contribution < 1.29 is 0 Å². The SMILES string of the molecule is CN(C)Cc1nc(N)ncc1-c1nnnn1-c1ccccc1. The molecule has 0 saturated heterocycles. The zero-order valence-electron chi connectivity index (χ0n) is 12.4. The van der Waals surface area contributed by atoms with Crippen molar-refractivity contribution in [3.63, 3.8) is 0 Å². The van der Waals surface area contributed by atoms with Gasteiger partial charge in [-0.3, -0.25) is 0 Å². The topological polar surface area (TPSA) is 98.6 Å². The van der Waals surface area contributed by atoms with Crippen molar-refractivity contribution in [1.82, 2.24) is 35.1 Å². The molecule has 22 heavy (non-hydrogen) atoms. The lowest BCUT2D eigenvalue weighted by molar-refractivity contribution is 0.397. The molecule has 0 aliphatic rings. The van der Waals surface area contributed by atoms with Crippen molar-refractivity contribution in [2.24, 2.45) is 0 Å². The summed E-state index contributed by atoms with van der Waals surface area (Å²) in [7, 11) is 3.92. The van der Waals surface area contributed by atoms with Crippen LogP contribution >= 0.6 is 0 Å². The van der Waals surface area contributed by atoms with Gasteiger partial charge in [-0.1, -0.05) is 18.2 Å². The maximum atomic E-state index is 5.71. The molecule has 8 nitrogen and oxygen atoms in total. The molecule has 0 unspecified atom stereocenters. The Labute approximate surface area is 127 Å². The van der Waals surface area contributed by atoms with Gasteiger partial charge in [-0.25, -0.2) is 9.97 Å². The smallest absolute Gasteiger partial charge is 0.220 e. The Morgan fingerprint density at radius 3 is 2.68 bits per heavy atom. The third-order valence-corrected chi connectivity index (χ3v) is 3.06. The Morgan fingerprint density at radius 2 is 1.95 bits per heavy atom.